The Morgan fingerprint density at radius 2 is 1.13 bits per heavy atom. The van der Waals surface area contributed by atoms with Gasteiger partial charge in [0, 0.05) is 32.8 Å². The second-order valence-corrected chi connectivity index (χ2v) is 12.0. The van der Waals surface area contributed by atoms with Gasteiger partial charge in [0.2, 0.25) is 0 Å². The van der Waals surface area contributed by atoms with Gasteiger partial charge < -0.3 is 14.0 Å². The molecule has 3 heterocycles. The third-order valence-corrected chi connectivity index (χ3v) is 9.50. The molecule has 46 heavy (non-hydrogen) atoms. The summed E-state index contributed by atoms with van der Waals surface area (Å²) in [4.78, 5) is 0. The summed E-state index contributed by atoms with van der Waals surface area (Å²) in [5, 5.41) is 2.50. The van der Waals surface area contributed by atoms with E-state index in [0.29, 0.717) is 0 Å². The van der Waals surface area contributed by atoms with E-state index in [9.17, 15) is 0 Å². The van der Waals surface area contributed by atoms with Gasteiger partial charge in [-0.05, 0) is 58.7 Å². The molecule has 0 spiro atoms. The van der Waals surface area contributed by atoms with Crippen molar-refractivity contribution in [3.8, 4) is 56.3 Å². The van der Waals surface area contributed by atoms with E-state index >= 15 is 0 Å². The Morgan fingerprint density at radius 3 is 1.96 bits per heavy atom. The molecule has 214 valence electrons. The monoisotopic (exact) mass is 587 g/mol. The molecule has 0 atom stereocenters. The topological polar surface area (TPSA) is 23.4 Å². The molecule has 8 aromatic rings. The predicted octanol–water partition coefficient (Wildman–Crippen LogP) is 9.39. The molecule has 1 aromatic heterocycles. The van der Waals surface area contributed by atoms with Crippen molar-refractivity contribution in [2.45, 2.75) is 0 Å². The van der Waals surface area contributed by atoms with Crippen molar-refractivity contribution in [1.29, 1.82) is 0 Å². The summed E-state index contributed by atoms with van der Waals surface area (Å²) in [7, 11) is 0. The molecule has 7 aromatic carbocycles. The zero-order chi connectivity index (χ0) is 30.2. The Bertz CT molecular complexity index is 2440. The zero-order valence-corrected chi connectivity index (χ0v) is 24.9. The third-order valence-electron chi connectivity index (χ3n) is 9.50. The van der Waals surface area contributed by atoms with Crippen LogP contribution in [0.1, 0.15) is 0 Å². The van der Waals surface area contributed by atoms with E-state index in [1.165, 1.54) is 27.4 Å². The van der Waals surface area contributed by atoms with Crippen LogP contribution in [0.25, 0.3) is 60.9 Å². The number of ether oxygens (including phenoxy) is 1. The molecule has 0 N–H and O–H groups in total. The molecule has 2 aliphatic rings. The maximum absolute atomic E-state index is 6.95. The third kappa shape index (κ3) is 3.67. The number of fused-ring (bicyclic) bond motifs is 7. The van der Waals surface area contributed by atoms with Gasteiger partial charge in [0.25, 0.3) is 0 Å². The van der Waals surface area contributed by atoms with Crippen LogP contribution in [0.4, 0.5) is 0 Å². The van der Waals surface area contributed by atoms with Crippen molar-refractivity contribution in [3.05, 3.63) is 158 Å². The maximum atomic E-state index is 6.95. The highest BCUT2D eigenvalue weighted by molar-refractivity contribution is 6.84. The lowest BCUT2D eigenvalue weighted by atomic mass is 9.50. The fraction of sp³-hybridized carbons (Fsp3) is 0. The first-order chi connectivity index (χ1) is 22.8. The van der Waals surface area contributed by atoms with Crippen molar-refractivity contribution < 1.29 is 9.39 Å². The normalized spacial score (nSPS) is 12.7. The number of hydrogen-bond acceptors (Lipinski definition) is 2. The summed E-state index contributed by atoms with van der Waals surface area (Å²) in [5.74, 6) is 2.57. The van der Waals surface area contributed by atoms with Crippen LogP contribution in [0.15, 0.2) is 158 Å². The van der Waals surface area contributed by atoms with E-state index in [4.69, 9.17) is 9.39 Å². The molecule has 3 nitrogen and oxygen atoms in total. The molecule has 0 unspecified atom stereocenters. The summed E-state index contributed by atoms with van der Waals surface area (Å²) in [5.41, 5.74) is 12.5. The minimum Gasteiger partial charge on any atom is -0.551 e. The number of aromatic nitrogens is 1. The van der Waals surface area contributed by atoms with E-state index in [0.717, 1.165) is 61.7 Å². The first-order valence-corrected chi connectivity index (χ1v) is 15.7. The lowest BCUT2D eigenvalue weighted by Gasteiger charge is -2.33. The fourth-order valence-electron chi connectivity index (χ4n) is 7.42. The average molecular weight is 587 g/mol. The molecular formula is C42H26BNO2. The summed E-state index contributed by atoms with van der Waals surface area (Å²) < 4.78 is 15.9. The molecular weight excluding hydrogens is 561 g/mol. The van der Waals surface area contributed by atoms with Crippen molar-refractivity contribution in [3.63, 3.8) is 0 Å². The summed E-state index contributed by atoms with van der Waals surface area (Å²) in [6.45, 7) is -0.283. The smallest absolute Gasteiger partial charge is 0.434 e. The van der Waals surface area contributed by atoms with E-state index < -0.39 is 0 Å². The van der Waals surface area contributed by atoms with Gasteiger partial charge in [0.1, 0.15) is 17.2 Å². The second-order valence-electron chi connectivity index (χ2n) is 12.0. The van der Waals surface area contributed by atoms with Crippen LogP contribution < -0.4 is 20.3 Å². The van der Waals surface area contributed by atoms with Crippen molar-refractivity contribution in [2.75, 3.05) is 0 Å². The number of rotatable bonds is 3. The second kappa shape index (κ2) is 9.75. The van der Waals surface area contributed by atoms with Crippen LogP contribution in [-0.2, 0) is 0 Å². The van der Waals surface area contributed by atoms with Gasteiger partial charge in [-0.3, -0.25) is 0 Å². The molecule has 0 bridgehead atoms. The lowest BCUT2D eigenvalue weighted by Crippen LogP contribution is -2.53. The largest absolute Gasteiger partial charge is 0.551 e. The van der Waals surface area contributed by atoms with E-state index in [-0.39, 0.29) is 6.92 Å². The van der Waals surface area contributed by atoms with Crippen molar-refractivity contribution in [2.24, 2.45) is 0 Å². The van der Waals surface area contributed by atoms with Gasteiger partial charge >= 0.3 is 6.92 Å². The van der Waals surface area contributed by atoms with Gasteiger partial charge in [0.15, 0.2) is 0 Å². The predicted molar refractivity (Wildman–Crippen MR) is 189 cm³/mol. The number of nitrogens with zero attached hydrogens (tertiary/aromatic N) is 1. The minimum atomic E-state index is -0.283. The van der Waals surface area contributed by atoms with Crippen LogP contribution >= 0.6 is 0 Å². The molecule has 0 saturated carbocycles. The van der Waals surface area contributed by atoms with Gasteiger partial charge in [-0.15, -0.1) is 0 Å². The SMILES string of the molecule is c1ccc(-c2ccc3c(c2)OB2c4cc(-c5ccccc5-n5c6ccccc6c6ccccc65)ccc4Oc4cccc-3c42)cc1. The molecule has 0 aliphatic carbocycles. The zero-order valence-electron chi connectivity index (χ0n) is 24.9. The van der Waals surface area contributed by atoms with Crippen LogP contribution in [0, 0.1) is 0 Å². The highest BCUT2D eigenvalue weighted by atomic mass is 16.5. The van der Waals surface area contributed by atoms with E-state index in [1.807, 2.05) is 12.1 Å². The van der Waals surface area contributed by atoms with Crippen LogP contribution in [0.5, 0.6) is 17.2 Å². The summed E-state index contributed by atoms with van der Waals surface area (Å²) in [6, 6.07) is 55.8. The average Bonchev–Trinajstić information content (AvgIpc) is 3.46. The summed E-state index contributed by atoms with van der Waals surface area (Å²) in [6.07, 6.45) is 0. The highest BCUT2D eigenvalue weighted by Crippen LogP contribution is 2.42. The Labute approximate surface area is 267 Å². The van der Waals surface area contributed by atoms with Gasteiger partial charge in [-0.25, -0.2) is 0 Å². The minimum absolute atomic E-state index is 0.283. The summed E-state index contributed by atoms with van der Waals surface area (Å²) >= 11 is 0. The number of benzene rings is 7. The van der Waals surface area contributed by atoms with Crippen LogP contribution in [0.2, 0.25) is 0 Å². The quantitative estimate of drug-likeness (QED) is 0.192. The molecule has 2 aliphatic heterocycles. The number of hydrogen-bond donors (Lipinski definition) is 0. The van der Waals surface area contributed by atoms with Crippen molar-refractivity contribution in [1.82, 2.24) is 4.57 Å². The fourth-order valence-corrected chi connectivity index (χ4v) is 7.42. The Hall–Kier alpha value is -6.00. The molecule has 0 saturated heterocycles. The Balaban J connectivity index is 1.14. The van der Waals surface area contributed by atoms with E-state index in [1.54, 1.807) is 0 Å². The number of para-hydroxylation sites is 3. The Morgan fingerprint density at radius 1 is 0.435 bits per heavy atom. The Kier molecular flexibility index (Phi) is 5.37. The molecule has 4 heteroatoms. The van der Waals surface area contributed by atoms with Gasteiger partial charge in [-0.1, -0.05) is 121 Å². The first-order valence-electron chi connectivity index (χ1n) is 15.7. The standard InChI is InChI=1S/C42H26BNO2/c1-2-11-27(12-3-1)28-21-23-33-34-16-10-20-40-42(34)43(46-41(33)26-28)35-25-29(22-24-39(35)45-40)30-13-4-7-17-36(30)44-37-18-8-5-14-31(37)32-15-6-9-19-38(32)44/h1-26H. The highest BCUT2D eigenvalue weighted by Gasteiger charge is 2.40. The molecule has 0 fully saturated rings. The van der Waals surface area contributed by atoms with Crippen LogP contribution in [-0.4, -0.2) is 11.5 Å². The van der Waals surface area contributed by atoms with Gasteiger partial charge in [-0.2, -0.15) is 0 Å². The molecule has 10 rings (SSSR count). The van der Waals surface area contributed by atoms with E-state index in [2.05, 4.69) is 150 Å². The van der Waals surface area contributed by atoms with Crippen molar-refractivity contribution >= 4 is 39.6 Å². The maximum Gasteiger partial charge on any atom is 0.434 e. The first kappa shape index (κ1) is 25.3. The lowest BCUT2D eigenvalue weighted by molar-refractivity contribution is 0.479. The van der Waals surface area contributed by atoms with Crippen LogP contribution in [0.3, 0.4) is 0 Å². The molecule has 0 amide bonds. The van der Waals surface area contributed by atoms with Gasteiger partial charge in [0.05, 0.1) is 16.7 Å². The molecule has 0 radical (unpaired) electrons.